The highest BCUT2D eigenvalue weighted by atomic mass is 16.2. The van der Waals surface area contributed by atoms with E-state index in [-0.39, 0.29) is 5.91 Å². The molecule has 1 aromatic rings. The SMILES string of the molecule is Cc1cc(C)c2c(c1)N(C)C(=O)C(C)(C)N2. The van der Waals surface area contributed by atoms with Gasteiger partial charge in [0.05, 0.1) is 11.4 Å². The minimum atomic E-state index is -0.526. The van der Waals surface area contributed by atoms with E-state index in [4.69, 9.17) is 0 Å². The van der Waals surface area contributed by atoms with Gasteiger partial charge in [-0.3, -0.25) is 4.79 Å². The molecule has 1 aliphatic rings. The van der Waals surface area contributed by atoms with E-state index in [9.17, 15) is 4.79 Å². The fourth-order valence-electron chi connectivity index (χ4n) is 2.27. The molecule has 0 aromatic heterocycles. The Hall–Kier alpha value is -1.51. The first-order chi connectivity index (χ1) is 7.33. The molecule has 0 unspecified atom stereocenters. The number of aryl methyl sites for hydroxylation is 2. The fraction of sp³-hybridized carbons (Fsp3) is 0.462. The van der Waals surface area contributed by atoms with Gasteiger partial charge in [-0.05, 0) is 44.9 Å². The quantitative estimate of drug-likeness (QED) is 0.725. The molecule has 3 heteroatoms. The van der Waals surface area contributed by atoms with Crippen molar-refractivity contribution in [3.05, 3.63) is 23.3 Å². The van der Waals surface area contributed by atoms with Crippen molar-refractivity contribution >= 4 is 17.3 Å². The van der Waals surface area contributed by atoms with Gasteiger partial charge in [0, 0.05) is 7.05 Å². The summed E-state index contributed by atoms with van der Waals surface area (Å²) in [5.74, 6) is 0.102. The second-order valence-electron chi connectivity index (χ2n) is 5.09. The van der Waals surface area contributed by atoms with E-state index in [2.05, 4.69) is 18.3 Å². The zero-order valence-corrected chi connectivity index (χ0v) is 10.5. The molecule has 86 valence electrons. The van der Waals surface area contributed by atoms with Gasteiger partial charge in [0.15, 0.2) is 0 Å². The van der Waals surface area contributed by atoms with E-state index in [1.807, 2.05) is 33.9 Å². The lowest BCUT2D eigenvalue weighted by atomic mass is 9.96. The third-order valence-electron chi connectivity index (χ3n) is 3.10. The molecule has 0 spiro atoms. The molecule has 1 aromatic carbocycles. The molecule has 1 amide bonds. The molecule has 1 aliphatic heterocycles. The van der Waals surface area contributed by atoms with E-state index in [1.54, 1.807) is 4.90 Å². The molecule has 0 radical (unpaired) electrons. The summed E-state index contributed by atoms with van der Waals surface area (Å²) in [6.07, 6.45) is 0. The van der Waals surface area contributed by atoms with Gasteiger partial charge in [0.1, 0.15) is 5.54 Å². The molecule has 0 atom stereocenters. The molecular weight excluding hydrogens is 200 g/mol. The first kappa shape index (κ1) is 11.0. The Balaban J connectivity index is 2.64. The smallest absolute Gasteiger partial charge is 0.251 e. The number of hydrogen-bond acceptors (Lipinski definition) is 2. The molecule has 0 saturated heterocycles. The summed E-state index contributed by atoms with van der Waals surface area (Å²) in [5.41, 5.74) is 3.88. The maximum atomic E-state index is 12.1. The summed E-state index contributed by atoms with van der Waals surface area (Å²) in [7, 11) is 1.84. The Kier molecular flexibility index (Phi) is 2.22. The number of likely N-dealkylation sites (N-methyl/N-ethyl adjacent to an activating group) is 1. The van der Waals surface area contributed by atoms with Crippen LogP contribution in [0.5, 0.6) is 0 Å². The number of benzene rings is 1. The topological polar surface area (TPSA) is 32.3 Å². The molecule has 3 nitrogen and oxygen atoms in total. The van der Waals surface area contributed by atoms with Crippen molar-refractivity contribution in [3.8, 4) is 0 Å². The van der Waals surface area contributed by atoms with Crippen LogP contribution >= 0.6 is 0 Å². The van der Waals surface area contributed by atoms with Gasteiger partial charge in [-0.25, -0.2) is 0 Å². The van der Waals surface area contributed by atoms with Crippen LogP contribution in [0, 0.1) is 13.8 Å². The van der Waals surface area contributed by atoms with Gasteiger partial charge in [-0.1, -0.05) is 6.07 Å². The van der Waals surface area contributed by atoms with Crippen molar-refractivity contribution in [2.75, 3.05) is 17.3 Å². The molecule has 1 heterocycles. The molecule has 0 aliphatic carbocycles. The number of carbonyl (C=O) groups excluding carboxylic acids is 1. The number of nitrogens with one attached hydrogen (secondary N) is 1. The van der Waals surface area contributed by atoms with Crippen LogP contribution < -0.4 is 10.2 Å². The maximum absolute atomic E-state index is 12.1. The average Bonchev–Trinajstić information content (AvgIpc) is 2.17. The van der Waals surface area contributed by atoms with Crippen molar-refractivity contribution < 1.29 is 4.79 Å². The number of amides is 1. The molecule has 0 fully saturated rings. The first-order valence-corrected chi connectivity index (χ1v) is 5.50. The molecule has 16 heavy (non-hydrogen) atoms. The Morgan fingerprint density at radius 3 is 2.50 bits per heavy atom. The van der Waals surface area contributed by atoms with E-state index in [1.165, 1.54) is 11.1 Å². The monoisotopic (exact) mass is 218 g/mol. The number of rotatable bonds is 0. The third-order valence-corrected chi connectivity index (χ3v) is 3.10. The highest BCUT2D eigenvalue weighted by Crippen LogP contribution is 2.37. The van der Waals surface area contributed by atoms with Crippen LogP contribution in [0.25, 0.3) is 0 Å². The minimum absolute atomic E-state index is 0.102. The normalized spacial score (nSPS) is 18.1. The molecule has 0 saturated carbocycles. The summed E-state index contributed by atoms with van der Waals surface area (Å²) in [6.45, 7) is 7.94. The summed E-state index contributed by atoms with van der Waals surface area (Å²) >= 11 is 0. The number of carbonyl (C=O) groups is 1. The van der Waals surface area contributed by atoms with Gasteiger partial charge in [0.2, 0.25) is 0 Å². The summed E-state index contributed by atoms with van der Waals surface area (Å²) in [5, 5.41) is 3.32. The Morgan fingerprint density at radius 1 is 1.25 bits per heavy atom. The Bertz CT molecular complexity index is 463. The third kappa shape index (κ3) is 1.47. The standard InChI is InChI=1S/C13H18N2O/c1-8-6-9(2)11-10(7-8)15(5)12(16)13(3,4)14-11/h6-7,14H,1-5H3. The molecule has 1 N–H and O–H groups in total. The number of fused-ring (bicyclic) bond motifs is 1. The first-order valence-electron chi connectivity index (χ1n) is 5.50. The molecule has 2 rings (SSSR count). The average molecular weight is 218 g/mol. The zero-order chi connectivity index (χ0) is 12.1. The number of anilines is 2. The van der Waals surface area contributed by atoms with E-state index >= 15 is 0 Å². The van der Waals surface area contributed by atoms with Crippen molar-refractivity contribution in [3.63, 3.8) is 0 Å². The predicted molar refractivity (Wildman–Crippen MR) is 67.0 cm³/mol. The second kappa shape index (κ2) is 3.24. The molecular formula is C13H18N2O. The van der Waals surface area contributed by atoms with Crippen molar-refractivity contribution in [2.45, 2.75) is 33.2 Å². The van der Waals surface area contributed by atoms with Crippen LogP contribution in [0.2, 0.25) is 0 Å². The highest BCUT2D eigenvalue weighted by molar-refractivity contribution is 6.07. The van der Waals surface area contributed by atoms with Gasteiger partial charge < -0.3 is 10.2 Å². The van der Waals surface area contributed by atoms with Crippen LogP contribution in [0.4, 0.5) is 11.4 Å². The summed E-state index contributed by atoms with van der Waals surface area (Å²) < 4.78 is 0. The number of nitrogens with zero attached hydrogens (tertiary/aromatic N) is 1. The van der Waals surface area contributed by atoms with Crippen LogP contribution in [0.15, 0.2) is 12.1 Å². The lowest BCUT2D eigenvalue weighted by Crippen LogP contribution is -2.52. The van der Waals surface area contributed by atoms with Gasteiger partial charge in [0.25, 0.3) is 5.91 Å². The van der Waals surface area contributed by atoms with E-state index in [0.717, 1.165) is 11.4 Å². The lowest BCUT2D eigenvalue weighted by Gasteiger charge is -2.39. The Morgan fingerprint density at radius 2 is 1.88 bits per heavy atom. The van der Waals surface area contributed by atoms with Crippen molar-refractivity contribution in [1.29, 1.82) is 0 Å². The van der Waals surface area contributed by atoms with Crippen molar-refractivity contribution in [2.24, 2.45) is 0 Å². The fourth-order valence-corrected chi connectivity index (χ4v) is 2.27. The van der Waals surface area contributed by atoms with Crippen LogP contribution in [-0.4, -0.2) is 18.5 Å². The van der Waals surface area contributed by atoms with Crippen LogP contribution in [-0.2, 0) is 4.79 Å². The van der Waals surface area contributed by atoms with Crippen LogP contribution in [0.3, 0.4) is 0 Å². The predicted octanol–water partition coefficient (Wildman–Crippen LogP) is 2.47. The Labute approximate surface area is 96.5 Å². The van der Waals surface area contributed by atoms with Gasteiger partial charge in [-0.15, -0.1) is 0 Å². The largest absolute Gasteiger partial charge is 0.370 e. The van der Waals surface area contributed by atoms with Crippen LogP contribution in [0.1, 0.15) is 25.0 Å². The highest BCUT2D eigenvalue weighted by Gasteiger charge is 2.37. The zero-order valence-electron chi connectivity index (χ0n) is 10.5. The van der Waals surface area contributed by atoms with Crippen molar-refractivity contribution in [1.82, 2.24) is 0 Å². The minimum Gasteiger partial charge on any atom is -0.370 e. The second-order valence-corrected chi connectivity index (χ2v) is 5.09. The van der Waals surface area contributed by atoms with Gasteiger partial charge >= 0.3 is 0 Å². The summed E-state index contributed by atoms with van der Waals surface area (Å²) in [4.78, 5) is 13.8. The number of hydrogen-bond donors (Lipinski definition) is 1. The molecule has 0 bridgehead atoms. The summed E-state index contributed by atoms with van der Waals surface area (Å²) in [6, 6.07) is 4.17. The maximum Gasteiger partial charge on any atom is 0.251 e. The lowest BCUT2D eigenvalue weighted by molar-refractivity contribution is -0.121. The van der Waals surface area contributed by atoms with E-state index < -0.39 is 5.54 Å². The van der Waals surface area contributed by atoms with E-state index in [0.29, 0.717) is 0 Å². The van der Waals surface area contributed by atoms with Gasteiger partial charge in [-0.2, -0.15) is 0 Å².